The van der Waals surface area contributed by atoms with E-state index in [2.05, 4.69) is 5.10 Å². The van der Waals surface area contributed by atoms with Gasteiger partial charge in [-0.05, 0) is 43.2 Å². The van der Waals surface area contributed by atoms with Crippen molar-refractivity contribution < 1.29 is 14.3 Å². The SMILES string of the molecule is Cc1ccnn1-c1ccc(C(=O)N2CCN(C(=O)OCC(C)C)CC2)cc1. The van der Waals surface area contributed by atoms with Crippen LogP contribution in [0.2, 0.25) is 0 Å². The van der Waals surface area contributed by atoms with Gasteiger partial charge in [-0.15, -0.1) is 0 Å². The number of amides is 2. The average molecular weight is 370 g/mol. The van der Waals surface area contributed by atoms with Crippen LogP contribution in [0.15, 0.2) is 36.5 Å². The van der Waals surface area contributed by atoms with E-state index in [0.29, 0.717) is 44.3 Å². The van der Waals surface area contributed by atoms with Gasteiger partial charge in [-0.3, -0.25) is 4.79 Å². The minimum absolute atomic E-state index is 0.0195. The molecular weight excluding hydrogens is 344 g/mol. The van der Waals surface area contributed by atoms with Crippen LogP contribution in [0.1, 0.15) is 29.9 Å². The van der Waals surface area contributed by atoms with E-state index in [4.69, 9.17) is 4.74 Å². The summed E-state index contributed by atoms with van der Waals surface area (Å²) in [5, 5.41) is 4.27. The van der Waals surface area contributed by atoms with Gasteiger partial charge in [-0.25, -0.2) is 9.48 Å². The van der Waals surface area contributed by atoms with E-state index in [1.54, 1.807) is 16.0 Å². The van der Waals surface area contributed by atoms with E-state index in [0.717, 1.165) is 11.4 Å². The maximum atomic E-state index is 12.7. The number of aryl methyl sites for hydroxylation is 1. The number of rotatable bonds is 4. The molecule has 1 aliphatic heterocycles. The Morgan fingerprint density at radius 3 is 2.22 bits per heavy atom. The van der Waals surface area contributed by atoms with Crippen molar-refractivity contribution in [1.82, 2.24) is 19.6 Å². The highest BCUT2D eigenvalue weighted by molar-refractivity contribution is 5.94. The fraction of sp³-hybridized carbons (Fsp3) is 0.450. The lowest BCUT2D eigenvalue weighted by atomic mass is 10.1. The number of nitrogens with zero attached hydrogens (tertiary/aromatic N) is 4. The first kappa shape index (κ1) is 18.9. The first-order valence-corrected chi connectivity index (χ1v) is 9.27. The molecule has 1 aliphatic rings. The molecule has 1 aromatic heterocycles. The first-order chi connectivity index (χ1) is 13.0. The monoisotopic (exact) mass is 370 g/mol. The van der Waals surface area contributed by atoms with Crippen LogP contribution < -0.4 is 0 Å². The third kappa shape index (κ3) is 4.48. The van der Waals surface area contributed by atoms with E-state index in [-0.39, 0.29) is 12.0 Å². The number of hydrogen-bond donors (Lipinski definition) is 0. The summed E-state index contributed by atoms with van der Waals surface area (Å²) in [7, 11) is 0. The summed E-state index contributed by atoms with van der Waals surface area (Å²) in [6.45, 7) is 8.41. The summed E-state index contributed by atoms with van der Waals surface area (Å²) in [6.07, 6.45) is 1.45. The van der Waals surface area contributed by atoms with Crippen LogP contribution >= 0.6 is 0 Å². The lowest BCUT2D eigenvalue weighted by Gasteiger charge is -2.34. The highest BCUT2D eigenvalue weighted by Gasteiger charge is 2.25. The third-order valence-electron chi connectivity index (χ3n) is 4.56. The molecular formula is C20H26N4O3. The van der Waals surface area contributed by atoms with E-state index < -0.39 is 0 Å². The van der Waals surface area contributed by atoms with E-state index in [9.17, 15) is 9.59 Å². The van der Waals surface area contributed by atoms with Crippen LogP contribution in [0.3, 0.4) is 0 Å². The molecule has 2 aromatic rings. The Morgan fingerprint density at radius 1 is 1.04 bits per heavy atom. The summed E-state index contributed by atoms with van der Waals surface area (Å²) in [5.74, 6) is 0.291. The fourth-order valence-corrected chi connectivity index (χ4v) is 2.99. The Hall–Kier alpha value is -2.83. The minimum atomic E-state index is -0.297. The minimum Gasteiger partial charge on any atom is -0.449 e. The van der Waals surface area contributed by atoms with E-state index in [1.165, 1.54) is 0 Å². The molecule has 3 rings (SSSR count). The normalized spacial score (nSPS) is 14.5. The Labute approximate surface area is 159 Å². The molecule has 1 fully saturated rings. The predicted octanol–water partition coefficient (Wildman–Crippen LogP) is 2.73. The van der Waals surface area contributed by atoms with Crippen LogP contribution in [0.25, 0.3) is 5.69 Å². The molecule has 0 radical (unpaired) electrons. The number of ether oxygens (including phenoxy) is 1. The molecule has 1 aromatic carbocycles. The Balaban J connectivity index is 1.56. The highest BCUT2D eigenvalue weighted by Crippen LogP contribution is 2.14. The number of carbonyl (C=O) groups is 2. The molecule has 0 unspecified atom stereocenters. The van der Waals surface area contributed by atoms with Crippen molar-refractivity contribution in [2.45, 2.75) is 20.8 Å². The molecule has 7 heteroatoms. The summed E-state index contributed by atoms with van der Waals surface area (Å²) in [6, 6.07) is 9.37. The molecule has 0 saturated carbocycles. The largest absolute Gasteiger partial charge is 0.449 e. The van der Waals surface area contributed by atoms with Crippen LogP contribution in [0.4, 0.5) is 4.79 Å². The maximum Gasteiger partial charge on any atom is 0.409 e. The van der Waals surface area contributed by atoms with Crippen LogP contribution in [0.5, 0.6) is 0 Å². The standard InChI is InChI=1S/C20H26N4O3/c1-15(2)14-27-20(26)23-12-10-22(11-13-23)19(25)17-4-6-18(7-5-17)24-16(3)8-9-21-24/h4-9,15H,10-14H2,1-3H3. The fourth-order valence-electron chi connectivity index (χ4n) is 2.99. The summed E-state index contributed by atoms with van der Waals surface area (Å²) in [5.41, 5.74) is 2.60. The van der Waals surface area contributed by atoms with Crippen molar-refractivity contribution in [3.8, 4) is 5.69 Å². The van der Waals surface area contributed by atoms with E-state index in [1.807, 2.05) is 55.8 Å². The third-order valence-corrected chi connectivity index (χ3v) is 4.56. The van der Waals surface area contributed by atoms with Crippen molar-refractivity contribution in [1.29, 1.82) is 0 Å². The smallest absolute Gasteiger partial charge is 0.409 e. The van der Waals surface area contributed by atoms with E-state index >= 15 is 0 Å². The van der Waals surface area contributed by atoms with Crippen molar-refractivity contribution in [3.63, 3.8) is 0 Å². The van der Waals surface area contributed by atoms with Crippen LogP contribution in [-0.4, -0.2) is 64.4 Å². The second-order valence-electron chi connectivity index (χ2n) is 7.18. The number of carbonyl (C=O) groups excluding carboxylic acids is 2. The van der Waals surface area contributed by atoms with Gasteiger partial charge in [0.05, 0.1) is 12.3 Å². The highest BCUT2D eigenvalue weighted by atomic mass is 16.6. The molecule has 0 aliphatic carbocycles. The Bertz CT molecular complexity index is 790. The Kier molecular flexibility index (Phi) is 5.78. The number of aromatic nitrogens is 2. The molecule has 0 atom stereocenters. The van der Waals surface area contributed by atoms with Gasteiger partial charge < -0.3 is 14.5 Å². The topological polar surface area (TPSA) is 67.7 Å². The lowest BCUT2D eigenvalue weighted by Crippen LogP contribution is -2.50. The maximum absolute atomic E-state index is 12.7. The zero-order chi connectivity index (χ0) is 19.4. The quantitative estimate of drug-likeness (QED) is 0.830. The molecule has 1 saturated heterocycles. The molecule has 2 heterocycles. The summed E-state index contributed by atoms with van der Waals surface area (Å²) in [4.78, 5) is 28.2. The van der Waals surface area contributed by atoms with Crippen LogP contribution in [-0.2, 0) is 4.74 Å². The molecule has 27 heavy (non-hydrogen) atoms. The number of benzene rings is 1. The van der Waals surface area contributed by atoms with Crippen molar-refractivity contribution >= 4 is 12.0 Å². The zero-order valence-corrected chi connectivity index (χ0v) is 16.1. The lowest BCUT2D eigenvalue weighted by molar-refractivity contribution is 0.0535. The number of piperazine rings is 1. The molecule has 2 amide bonds. The average Bonchev–Trinajstić information content (AvgIpc) is 3.11. The summed E-state index contributed by atoms with van der Waals surface area (Å²) < 4.78 is 7.09. The molecule has 0 spiro atoms. The predicted molar refractivity (Wildman–Crippen MR) is 102 cm³/mol. The second kappa shape index (κ2) is 8.24. The van der Waals surface area contributed by atoms with Gasteiger partial charge in [0.2, 0.25) is 0 Å². The number of hydrogen-bond acceptors (Lipinski definition) is 4. The van der Waals surface area contributed by atoms with Crippen LogP contribution in [0, 0.1) is 12.8 Å². The second-order valence-corrected chi connectivity index (χ2v) is 7.18. The van der Waals surface area contributed by atoms with Crippen molar-refractivity contribution in [2.24, 2.45) is 5.92 Å². The van der Waals surface area contributed by atoms with Gasteiger partial charge in [-0.1, -0.05) is 13.8 Å². The summed E-state index contributed by atoms with van der Waals surface area (Å²) >= 11 is 0. The van der Waals surface area contributed by atoms with Gasteiger partial charge in [-0.2, -0.15) is 5.10 Å². The van der Waals surface area contributed by atoms with Gasteiger partial charge in [0.15, 0.2) is 0 Å². The van der Waals surface area contributed by atoms with Crippen molar-refractivity contribution in [3.05, 3.63) is 47.8 Å². The molecule has 0 N–H and O–H groups in total. The van der Waals surface area contributed by atoms with Gasteiger partial charge in [0.25, 0.3) is 5.91 Å². The molecule has 7 nitrogen and oxygen atoms in total. The zero-order valence-electron chi connectivity index (χ0n) is 16.1. The Morgan fingerprint density at radius 2 is 1.67 bits per heavy atom. The van der Waals surface area contributed by atoms with Crippen molar-refractivity contribution in [2.75, 3.05) is 32.8 Å². The first-order valence-electron chi connectivity index (χ1n) is 9.27. The van der Waals surface area contributed by atoms with Gasteiger partial charge >= 0.3 is 6.09 Å². The van der Waals surface area contributed by atoms with Gasteiger partial charge in [0, 0.05) is 43.6 Å². The molecule has 144 valence electrons. The van der Waals surface area contributed by atoms with Gasteiger partial charge in [0.1, 0.15) is 0 Å². The molecule has 0 bridgehead atoms.